The first kappa shape index (κ1) is 19.9. The monoisotopic (exact) mass is 376 g/mol. The summed E-state index contributed by atoms with van der Waals surface area (Å²) in [5.74, 6) is 0. The molecule has 0 bridgehead atoms. The first-order valence-corrected chi connectivity index (χ1v) is 9.68. The summed E-state index contributed by atoms with van der Waals surface area (Å²) in [5.41, 5.74) is 6.50. The van der Waals surface area contributed by atoms with Crippen LogP contribution in [-0.2, 0) is 5.41 Å². The van der Waals surface area contributed by atoms with Gasteiger partial charge in [0.15, 0.2) is 0 Å². The second kappa shape index (κ2) is 8.05. The lowest BCUT2D eigenvalue weighted by atomic mass is 9.85. The van der Waals surface area contributed by atoms with E-state index in [4.69, 9.17) is 0 Å². The fourth-order valence-electron chi connectivity index (χ4n) is 3.98. The topological polar surface area (TPSA) is 6.48 Å². The van der Waals surface area contributed by atoms with Crippen molar-refractivity contribution in [3.05, 3.63) is 84.4 Å². The Labute approximate surface area is 168 Å². The highest BCUT2D eigenvalue weighted by molar-refractivity contribution is 5.88. The molecule has 3 aromatic carbocycles. The highest BCUT2D eigenvalue weighted by Crippen LogP contribution is 2.49. The van der Waals surface area contributed by atoms with E-state index in [1.165, 1.54) is 28.3 Å². The molecule has 0 spiro atoms. The minimum absolute atomic E-state index is 0.0887. The van der Waals surface area contributed by atoms with Crippen molar-refractivity contribution in [3.8, 4) is 0 Å². The lowest BCUT2D eigenvalue weighted by Gasteiger charge is -2.34. The zero-order chi connectivity index (χ0) is 20.3. The molecule has 1 aliphatic heterocycles. The Kier molecular flexibility index (Phi) is 5.73. The fourth-order valence-corrected chi connectivity index (χ4v) is 3.98. The standard InChI is InChI=1S/C24H26N2.CH3F/c1-18-25(19-12-6-5-7-13-19)22-16-10-11-17-23(22)26(18)21-15-9-8-14-20(21)24(2,3)4;1-2/h5-18H,1-4H3;1H3. The van der Waals surface area contributed by atoms with Crippen molar-refractivity contribution in [1.82, 2.24) is 0 Å². The Morgan fingerprint density at radius 1 is 0.643 bits per heavy atom. The second-order valence-corrected chi connectivity index (χ2v) is 7.96. The molecule has 0 amide bonds. The van der Waals surface area contributed by atoms with Crippen LogP contribution in [0.15, 0.2) is 78.9 Å². The van der Waals surface area contributed by atoms with Gasteiger partial charge in [0.25, 0.3) is 0 Å². The molecule has 0 aliphatic carbocycles. The van der Waals surface area contributed by atoms with Crippen molar-refractivity contribution in [2.45, 2.75) is 39.3 Å². The minimum Gasteiger partial charge on any atom is -0.319 e. The van der Waals surface area contributed by atoms with E-state index in [0.29, 0.717) is 7.18 Å². The van der Waals surface area contributed by atoms with Gasteiger partial charge in [0.1, 0.15) is 6.17 Å². The predicted molar refractivity (Wildman–Crippen MR) is 119 cm³/mol. The second-order valence-electron chi connectivity index (χ2n) is 7.96. The molecule has 2 nitrogen and oxygen atoms in total. The summed E-state index contributed by atoms with van der Waals surface area (Å²) in [7, 11) is 0.500. The molecule has 0 saturated heterocycles. The molecule has 0 aromatic heterocycles. The van der Waals surface area contributed by atoms with E-state index in [9.17, 15) is 4.39 Å². The van der Waals surface area contributed by atoms with Crippen LogP contribution in [0.4, 0.5) is 27.1 Å². The summed E-state index contributed by atoms with van der Waals surface area (Å²) in [6.07, 6.45) is 0.207. The average molecular weight is 377 g/mol. The Hall–Kier alpha value is -2.81. The van der Waals surface area contributed by atoms with E-state index in [1.54, 1.807) is 0 Å². The van der Waals surface area contributed by atoms with E-state index < -0.39 is 0 Å². The quantitative estimate of drug-likeness (QED) is 0.466. The molecular formula is C25H29FN2. The van der Waals surface area contributed by atoms with Crippen molar-refractivity contribution in [2.24, 2.45) is 0 Å². The molecule has 1 atom stereocenters. The van der Waals surface area contributed by atoms with Crippen LogP contribution in [-0.4, -0.2) is 13.3 Å². The third-order valence-electron chi connectivity index (χ3n) is 5.15. The Morgan fingerprint density at radius 3 is 1.68 bits per heavy atom. The van der Waals surface area contributed by atoms with Crippen molar-refractivity contribution in [3.63, 3.8) is 0 Å². The molecule has 0 saturated carbocycles. The first-order chi connectivity index (χ1) is 13.5. The van der Waals surface area contributed by atoms with Crippen molar-refractivity contribution in [2.75, 3.05) is 17.0 Å². The van der Waals surface area contributed by atoms with Crippen molar-refractivity contribution < 1.29 is 4.39 Å². The number of rotatable bonds is 2. The van der Waals surface area contributed by atoms with Gasteiger partial charge in [0, 0.05) is 11.4 Å². The summed E-state index contributed by atoms with van der Waals surface area (Å²) in [6.45, 7) is 9.14. The van der Waals surface area contributed by atoms with Gasteiger partial charge in [-0.2, -0.15) is 0 Å². The van der Waals surface area contributed by atoms with Gasteiger partial charge >= 0.3 is 0 Å². The molecular weight excluding hydrogens is 347 g/mol. The number of para-hydroxylation sites is 4. The number of hydrogen-bond donors (Lipinski definition) is 0. The molecule has 4 rings (SSSR count). The normalized spacial score (nSPS) is 15.7. The lowest BCUT2D eigenvalue weighted by molar-refractivity contribution is 0.587. The molecule has 0 radical (unpaired) electrons. The van der Waals surface area contributed by atoms with Crippen LogP contribution in [0.5, 0.6) is 0 Å². The third kappa shape index (κ3) is 3.49. The van der Waals surface area contributed by atoms with Crippen LogP contribution in [0.2, 0.25) is 0 Å². The van der Waals surface area contributed by atoms with E-state index in [-0.39, 0.29) is 11.6 Å². The predicted octanol–water partition coefficient (Wildman–Crippen LogP) is 7.21. The van der Waals surface area contributed by atoms with E-state index >= 15 is 0 Å². The van der Waals surface area contributed by atoms with Crippen LogP contribution < -0.4 is 9.80 Å². The fraction of sp³-hybridized carbons (Fsp3) is 0.280. The van der Waals surface area contributed by atoms with E-state index in [1.807, 2.05) is 0 Å². The number of hydrogen-bond acceptors (Lipinski definition) is 2. The maximum absolute atomic E-state index is 9.50. The molecule has 0 fully saturated rings. The summed E-state index contributed by atoms with van der Waals surface area (Å²) < 4.78 is 9.50. The molecule has 0 N–H and O–H groups in total. The van der Waals surface area contributed by atoms with Crippen LogP contribution in [0.3, 0.4) is 0 Å². The van der Waals surface area contributed by atoms with Gasteiger partial charge in [-0.3, -0.25) is 4.39 Å². The molecule has 28 heavy (non-hydrogen) atoms. The largest absolute Gasteiger partial charge is 0.319 e. The van der Waals surface area contributed by atoms with Crippen molar-refractivity contribution in [1.29, 1.82) is 0 Å². The molecule has 1 unspecified atom stereocenters. The zero-order valence-electron chi connectivity index (χ0n) is 17.4. The molecule has 1 aliphatic rings. The van der Waals surface area contributed by atoms with Gasteiger partial charge in [-0.25, -0.2) is 0 Å². The third-order valence-corrected chi connectivity index (χ3v) is 5.15. The maximum Gasteiger partial charge on any atom is 0.108 e. The highest BCUT2D eigenvalue weighted by atomic mass is 19.1. The molecule has 3 aromatic rings. The minimum atomic E-state index is 0.0887. The summed E-state index contributed by atoms with van der Waals surface area (Å²) in [5, 5.41) is 0. The van der Waals surface area contributed by atoms with Gasteiger partial charge in [-0.15, -0.1) is 0 Å². The smallest absolute Gasteiger partial charge is 0.108 e. The van der Waals surface area contributed by atoms with Crippen LogP contribution >= 0.6 is 0 Å². The Balaban J connectivity index is 0.00000109. The van der Waals surface area contributed by atoms with Crippen LogP contribution in [0.25, 0.3) is 0 Å². The Bertz CT molecular complexity index is 915. The number of anilines is 4. The molecule has 1 heterocycles. The highest BCUT2D eigenvalue weighted by Gasteiger charge is 2.36. The average Bonchev–Trinajstić information content (AvgIpc) is 3.01. The van der Waals surface area contributed by atoms with Gasteiger partial charge in [-0.1, -0.05) is 69.3 Å². The molecule has 146 valence electrons. The summed E-state index contributed by atoms with van der Waals surface area (Å²) in [4.78, 5) is 4.90. The zero-order valence-corrected chi connectivity index (χ0v) is 17.4. The van der Waals surface area contributed by atoms with Gasteiger partial charge in [0.2, 0.25) is 0 Å². The SMILES string of the molecule is CC1N(c2ccccc2)c2ccccc2N1c1ccccc1C(C)(C)C.CF. The number of benzene rings is 3. The number of halogens is 1. The van der Waals surface area contributed by atoms with E-state index in [0.717, 1.165) is 0 Å². The van der Waals surface area contributed by atoms with Gasteiger partial charge < -0.3 is 9.80 Å². The van der Waals surface area contributed by atoms with Gasteiger partial charge in [-0.05, 0) is 48.2 Å². The van der Waals surface area contributed by atoms with Crippen LogP contribution in [0.1, 0.15) is 33.3 Å². The van der Waals surface area contributed by atoms with Crippen LogP contribution in [0, 0.1) is 0 Å². The first-order valence-electron chi connectivity index (χ1n) is 9.68. The number of alkyl halides is 1. The maximum atomic E-state index is 9.50. The number of nitrogens with zero attached hydrogens (tertiary/aromatic N) is 2. The summed E-state index contributed by atoms with van der Waals surface area (Å²) >= 11 is 0. The Morgan fingerprint density at radius 2 is 1.11 bits per heavy atom. The number of fused-ring (bicyclic) bond motifs is 1. The van der Waals surface area contributed by atoms with Crippen molar-refractivity contribution >= 4 is 22.7 Å². The lowest BCUT2D eigenvalue weighted by Crippen LogP contribution is -2.36. The molecule has 3 heteroatoms. The van der Waals surface area contributed by atoms with E-state index in [2.05, 4.69) is 116 Å². The van der Waals surface area contributed by atoms with Gasteiger partial charge in [0.05, 0.1) is 18.6 Å². The summed E-state index contributed by atoms with van der Waals surface area (Å²) in [6, 6.07) is 28.2.